The van der Waals surface area contributed by atoms with Crippen molar-refractivity contribution in [2.24, 2.45) is 7.05 Å². The summed E-state index contributed by atoms with van der Waals surface area (Å²) >= 11 is 0. The van der Waals surface area contributed by atoms with Gasteiger partial charge >= 0.3 is 7.12 Å². The molecule has 0 amide bonds. The minimum absolute atomic E-state index is 0.105. The maximum Gasteiger partial charge on any atom is 0.492 e. The second-order valence-electron chi connectivity index (χ2n) is 3.87. The Bertz CT molecular complexity index is 545. The van der Waals surface area contributed by atoms with E-state index in [0.29, 0.717) is 0 Å². The van der Waals surface area contributed by atoms with Gasteiger partial charge in [0.25, 0.3) is 0 Å². The first-order valence-electron chi connectivity index (χ1n) is 5.32. The summed E-state index contributed by atoms with van der Waals surface area (Å²) in [4.78, 5) is 0. The largest absolute Gasteiger partial charge is 0.492 e. The van der Waals surface area contributed by atoms with E-state index in [2.05, 4.69) is 5.10 Å². The highest BCUT2D eigenvalue weighted by molar-refractivity contribution is 6.59. The van der Waals surface area contributed by atoms with Crippen LogP contribution in [0.25, 0.3) is 0 Å². The lowest BCUT2D eigenvalue weighted by Gasteiger charge is -2.10. The van der Waals surface area contributed by atoms with Crippen molar-refractivity contribution in [1.29, 1.82) is 0 Å². The van der Waals surface area contributed by atoms with Crippen LogP contribution in [-0.4, -0.2) is 26.9 Å². The van der Waals surface area contributed by atoms with Crippen LogP contribution in [0.15, 0.2) is 30.6 Å². The van der Waals surface area contributed by atoms with Crippen LogP contribution in [0.3, 0.4) is 0 Å². The molecular weight excluding hydrogens is 238 g/mol. The first-order chi connectivity index (χ1) is 8.56. The van der Waals surface area contributed by atoms with Crippen molar-refractivity contribution in [2.45, 2.75) is 6.61 Å². The van der Waals surface area contributed by atoms with E-state index in [1.165, 1.54) is 6.07 Å². The lowest BCUT2D eigenvalue weighted by atomic mass is 9.79. The summed E-state index contributed by atoms with van der Waals surface area (Å²) in [6.07, 6.45) is 3.38. The van der Waals surface area contributed by atoms with Crippen molar-refractivity contribution in [3.05, 3.63) is 42.0 Å². The summed E-state index contributed by atoms with van der Waals surface area (Å²) in [5.74, 6) is -0.394. The van der Waals surface area contributed by atoms with Crippen LogP contribution in [-0.2, 0) is 13.7 Å². The Morgan fingerprint density at radius 3 is 2.83 bits per heavy atom. The number of nitrogens with zero attached hydrogens (tertiary/aromatic N) is 2. The van der Waals surface area contributed by atoms with Gasteiger partial charge in [0.1, 0.15) is 18.2 Å². The first-order valence-corrected chi connectivity index (χ1v) is 5.32. The van der Waals surface area contributed by atoms with Gasteiger partial charge in [-0.15, -0.1) is 0 Å². The Balaban J connectivity index is 2.15. The topological polar surface area (TPSA) is 67.5 Å². The van der Waals surface area contributed by atoms with Gasteiger partial charge in [0.2, 0.25) is 0 Å². The fourth-order valence-electron chi connectivity index (χ4n) is 1.55. The van der Waals surface area contributed by atoms with Crippen LogP contribution in [0.4, 0.5) is 4.39 Å². The number of halogens is 1. The Hall–Kier alpha value is -1.86. The maximum atomic E-state index is 13.1. The fraction of sp³-hybridized carbons (Fsp3) is 0.182. The van der Waals surface area contributed by atoms with Crippen molar-refractivity contribution in [1.82, 2.24) is 9.78 Å². The molecule has 5 nitrogen and oxygen atoms in total. The molecule has 0 saturated carbocycles. The maximum absolute atomic E-state index is 13.1. The molecule has 0 atom stereocenters. The predicted octanol–water partition coefficient (Wildman–Crippen LogP) is -0.182. The number of benzene rings is 1. The quantitative estimate of drug-likeness (QED) is 0.738. The van der Waals surface area contributed by atoms with Crippen molar-refractivity contribution >= 4 is 12.6 Å². The zero-order valence-electron chi connectivity index (χ0n) is 9.75. The SMILES string of the molecule is Cn1cc(COc2cc(F)ccc2B(O)O)cn1. The van der Waals surface area contributed by atoms with E-state index in [-0.39, 0.29) is 17.8 Å². The van der Waals surface area contributed by atoms with E-state index in [9.17, 15) is 4.39 Å². The molecule has 7 heteroatoms. The van der Waals surface area contributed by atoms with Gasteiger partial charge in [0.05, 0.1) is 6.20 Å². The molecule has 2 rings (SSSR count). The predicted molar refractivity (Wildman–Crippen MR) is 63.8 cm³/mol. The second-order valence-corrected chi connectivity index (χ2v) is 3.87. The molecule has 0 saturated heterocycles. The molecule has 0 aliphatic carbocycles. The number of rotatable bonds is 4. The third kappa shape index (κ3) is 2.88. The molecule has 1 aromatic heterocycles. The Kier molecular flexibility index (Phi) is 3.64. The van der Waals surface area contributed by atoms with Gasteiger partial charge in [-0.05, 0) is 6.07 Å². The van der Waals surface area contributed by atoms with Gasteiger partial charge in [0, 0.05) is 30.3 Å². The highest BCUT2D eigenvalue weighted by Crippen LogP contribution is 2.12. The average molecular weight is 250 g/mol. The standard InChI is InChI=1S/C11H12BFN2O3/c1-15-6-8(5-14-15)7-18-11-4-9(13)2-3-10(11)12(16)17/h2-6,16-17H,7H2,1H3. The molecule has 2 N–H and O–H groups in total. The summed E-state index contributed by atoms with van der Waals surface area (Å²) in [7, 11) is 0.0729. The summed E-state index contributed by atoms with van der Waals surface area (Å²) in [5, 5.41) is 22.2. The van der Waals surface area contributed by atoms with Gasteiger partial charge in [-0.2, -0.15) is 5.10 Å². The van der Waals surface area contributed by atoms with Gasteiger partial charge < -0.3 is 14.8 Å². The van der Waals surface area contributed by atoms with E-state index in [1.54, 1.807) is 24.1 Å². The molecule has 1 heterocycles. The molecule has 0 radical (unpaired) electrons. The first kappa shape index (κ1) is 12.6. The van der Waals surface area contributed by atoms with Gasteiger partial charge in [-0.25, -0.2) is 4.39 Å². The highest BCUT2D eigenvalue weighted by Gasteiger charge is 2.17. The van der Waals surface area contributed by atoms with Crippen molar-refractivity contribution in [3.8, 4) is 5.75 Å². The molecular formula is C11H12BFN2O3. The lowest BCUT2D eigenvalue weighted by molar-refractivity contribution is 0.305. The van der Waals surface area contributed by atoms with Gasteiger partial charge in [-0.1, -0.05) is 6.07 Å². The zero-order valence-corrected chi connectivity index (χ0v) is 9.75. The molecule has 0 spiro atoms. The van der Waals surface area contributed by atoms with Crippen LogP contribution in [0.1, 0.15) is 5.56 Å². The van der Waals surface area contributed by atoms with E-state index in [0.717, 1.165) is 17.7 Å². The number of aromatic nitrogens is 2. The van der Waals surface area contributed by atoms with E-state index < -0.39 is 12.9 Å². The van der Waals surface area contributed by atoms with Gasteiger partial charge in [-0.3, -0.25) is 4.68 Å². The third-order valence-electron chi connectivity index (χ3n) is 2.41. The average Bonchev–Trinajstić information content (AvgIpc) is 2.72. The molecule has 2 aromatic rings. The van der Waals surface area contributed by atoms with Crippen LogP contribution in [0, 0.1) is 5.82 Å². The Labute approximate surface area is 104 Å². The molecule has 0 fully saturated rings. The number of ether oxygens (including phenoxy) is 1. The Morgan fingerprint density at radius 1 is 1.44 bits per heavy atom. The van der Waals surface area contributed by atoms with Crippen molar-refractivity contribution < 1.29 is 19.2 Å². The number of aryl methyl sites for hydroxylation is 1. The van der Waals surface area contributed by atoms with Crippen molar-refractivity contribution in [2.75, 3.05) is 0 Å². The molecule has 0 aliphatic rings. The summed E-state index contributed by atoms with van der Waals surface area (Å²) < 4.78 is 20.1. The minimum Gasteiger partial charge on any atom is -0.489 e. The normalized spacial score (nSPS) is 10.4. The Morgan fingerprint density at radius 2 is 2.22 bits per heavy atom. The minimum atomic E-state index is -1.70. The van der Waals surface area contributed by atoms with Crippen molar-refractivity contribution in [3.63, 3.8) is 0 Å². The molecule has 1 aromatic carbocycles. The fourth-order valence-corrected chi connectivity index (χ4v) is 1.55. The molecule has 0 unspecified atom stereocenters. The van der Waals surface area contributed by atoms with Gasteiger partial charge in [0.15, 0.2) is 0 Å². The van der Waals surface area contributed by atoms with E-state index >= 15 is 0 Å². The molecule has 18 heavy (non-hydrogen) atoms. The van der Waals surface area contributed by atoms with Crippen LogP contribution in [0.2, 0.25) is 0 Å². The summed E-state index contributed by atoms with van der Waals surface area (Å²) in [6, 6.07) is 3.54. The highest BCUT2D eigenvalue weighted by atomic mass is 19.1. The molecule has 0 aliphatic heterocycles. The molecule has 0 bridgehead atoms. The zero-order chi connectivity index (χ0) is 13.1. The van der Waals surface area contributed by atoms with Crippen LogP contribution < -0.4 is 10.2 Å². The van der Waals surface area contributed by atoms with E-state index in [4.69, 9.17) is 14.8 Å². The summed E-state index contributed by atoms with van der Waals surface area (Å²) in [5.41, 5.74) is 0.931. The molecule has 94 valence electrons. The van der Waals surface area contributed by atoms with Crippen LogP contribution >= 0.6 is 0 Å². The third-order valence-corrected chi connectivity index (χ3v) is 2.41. The lowest BCUT2D eigenvalue weighted by Crippen LogP contribution is -2.31. The monoisotopic (exact) mass is 250 g/mol. The van der Waals surface area contributed by atoms with Crippen LogP contribution in [0.5, 0.6) is 5.75 Å². The number of hydrogen-bond donors (Lipinski definition) is 2. The smallest absolute Gasteiger partial charge is 0.489 e. The van der Waals surface area contributed by atoms with E-state index in [1.807, 2.05) is 0 Å². The number of hydrogen-bond acceptors (Lipinski definition) is 4. The second kappa shape index (κ2) is 5.20. The summed E-state index contributed by atoms with van der Waals surface area (Å²) in [6.45, 7) is 0.178.